The van der Waals surface area contributed by atoms with E-state index in [0.717, 1.165) is 5.56 Å². The number of anilines is 1. The van der Waals surface area contributed by atoms with Gasteiger partial charge in [0.1, 0.15) is 0 Å². The van der Waals surface area contributed by atoms with Gasteiger partial charge in [-0.3, -0.25) is 4.79 Å². The Morgan fingerprint density at radius 3 is 2.33 bits per heavy atom. The van der Waals surface area contributed by atoms with Gasteiger partial charge in [0, 0.05) is 20.5 Å². The first-order valence-corrected chi connectivity index (χ1v) is 12.1. The van der Waals surface area contributed by atoms with Crippen molar-refractivity contribution in [3.8, 4) is 0 Å². The third-order valence-corrected chi connectivity index (χ3v) is 7.93. The van der Waals surface area contributed by atoms with Crippen LogP contribution >= 0.6 is 35.0 Å². The Morgan fingerprint density at radius 1 is 0.933 bits per heavy atom. The number of nitrogens with one attached hydrogen (secondary N) is 1. The Kier molecular flexibility index (Phi) is 5.93. The molecule has 3 aromatic rings. The van der Waals surface area contributed by atoms with E-state index in [2.05, 4.69) is 5.32 Å². The van der Waals surface area contributed by atoms with E-state index in [4.69, 9.17) is 23.2 Å². The van der Waals surface area contributed by atoms with Crippen molar-refractivity contribution in [3.63, 3.8) is 0 Å². The topological polar surface area (TPSA) is 63.2 Å². The van der Waals surface area contributed by atoms with Crippen LogP contribution in [0.2, 0.25) is 10.0 Å². The molecule has 0 aromatic heterocycles. The van der Waals surface area contributed by atoms with Crippen molar-refractivity contribution in [3.05, 3.63) is 92.8 Å². The Bertz CT molecular complexity index is 1250. The molecule has 0 spiro atoms. The van der Waals surface area contributed by atoms with Crippen molar-refractivity contribution >= 4 is 62.5 Å². The zero-order chi connectivity index (χ0) is 21.3. The summed E-state index contributed by atoms with van der Waals surface area (Å²) in [5, 5.41) is 3.42. The number of rotatable bonds is 4. The zero-order valence-corrected chi connectivity index (χ0v) is 18.6. The number of fused-ring (bicyclic) bond motifs is 1. The van der Waals surface area contributed by atoms with E-state index in [1.165, 1.54) is 17.8 Å². The Labute approximate surface area is 188 Å². The highest BCUT2D eigenvalue weighted by Crippen LogP contribution is 2.40. The van der Waals surface area contributed by atoms with Crippen LogP contribution in [-0.4, -0.2) is 14.3 Å². The monoisotopic (exact) mass is 475 g/mol. The number of carbonyl (C=O) groups excluding carboxylic acids is 1. The summed E-state index contributed by atoms with van der Waals surface area (Å²) < 4.78 is 26.0. The first kappa shape index (κ1) is 21.0. The number of amides is 1. The minimum absolute atomic E-state index is 0.139. The van der Waals surface area contributed by atoms with Crippen molar-refractivity contribution < 1.29 is 13.2 Å². The molecule has 1 heterocycles. The summed E-state index contributed by atoms with van der Waals surface area (Å²) in [7, 11) is -3.70. The summed E-state index contributed by atoms with van der Waals surface area (Å²) in [4.78, 5) is 13.7. The molecule has 0 atom stereocenters. The fourth-order valence-electron chi connectivity index (χ4n) is 2.97. The molecule has 0 saturated heterocycles. The third kappa shape index (κ3) is 4.42. The van der Waals surface area contributed by atoms with Gasteiger partial charge in [-0.05, 0) is 42.0 Å². The van der Waals surface area contributed by atoms with Crippen LogP contribution in [0.3, 0.4) is 0 Å². The summed E-state index contributed by atoms with van der Waals surface area (Å²) in [6, 6.07) is 19.0. The molecule has 1 amide bonds. The van der Waals surface area contributed by atoms with Gasteiger partial charge >= 0.3 is 0 Å². The lowest BCUT2D eigenvalue weighted by Crippen LogP contribution is -2.17. The van der Waals surface area contributed by atoms with Gasteiger partial charge in [-0.25, -0.2) is 8.42 Å². The second-order valence-electron chi connectivity index (χ2n) is 6.59. The van der Waals surface area contributed by atoms with E-state index in [1.54, 1.807) is 36.4 Å². The lowest BCUT2D eigenvalue weighted by atomic mass is 10.2. The van der Waals surface area contributed by atoms with Crippen molar-refractivity contribution in [1.82, 2.24) is 0 Å². The lowest BCUT2D eigenvalue weighted by Gasteiger charge is -2.19. The molecule has 1 N–H and O–H groups in total. The average Bonchev–Trinajstić information content (AvgIpc) is 2.72. The highest BCUT2D eigenvalue weighted by Gasteiger charge is 2.25. The molecule has 1 aliphatic rings. The Hall–Kier alpha value is -2.25. The van der Waals surface area contributed by atoms with Gasteiger partial charge in [-0.1, -0.05) is 71.4 Å². The fraction of sp³-hybridized carbons (Fsp3) is 0.0455. The van der Waals surface area contributed by atoms with Crippen LogP contribution in [0.4, 0.5) is 5.69 Å². The molecule has 0 aliphatic carbocycles. The maximum Gasteiger partial charge on any atom is 0.262 e. The van der Waals surface area contributed by atoms with Crippen LogP contribution in [0.15, 0.2) is 81.4 Å². The van der Waals surface area contributed by atoms with E-state index in [-0.39, 0.29) is 16.6 Å². The molecule has 4 rings (SSSR count). The minimum Gasteiger partial charge on any atom is -0.320 e. The van der Waals surface area contributed by atoms with Gasteiger partial charge in [-0.2, -0.15) is 0 Å². The molecule has 8 heteroatoms. The average molecular weight is 476 g/mol. The standard InChI is InChI=1S/C22H15Cl2NO3S2/c23-17-7-4-8-18(24)16(17)13-30(27,28)15-9-10-19-20(12-15)29-21(22(26)25-19)11-14-5-2-1-3-6-14/h1-12H,13H2,(H,25,26)/b21-11+. The van der Waals surface area contributed by atoms with Gasteiger partial charge < -0.3 is 5.32 Å². The number of thioether (sulfide) groups is 1. The van der Waals surface area contributed by atoms with Crippen molar-refractivity contribution in [2.24, 2.45) is 0 Å². The normalized spacial score (nSPS) is 15.0. The molecular formula is C22H15Cl2NO3S2. The molecule has 152 valence electrons. The second kappa shape index (κ2) is 8.47. The van der Waals surface area contributed by atoms with Crippen LogP contribution in [0, 0.1) is 0 Å². The maximum atomic E-state index is 13.0. The van der Waals surface area contributed by atoms with Crippen molar-refractivity contribution in [1.29, 1.82) is 0 Å². The number of hydrogen-bond donors (Lipinski definition) is 1. The molecule has 0 saturated carbocycles. The molecule has 3 aromatic carbocycles. The minimum atomic E-state index is -3.70. The van der Waals surface area contributed by atoms with Crippen molar-refractivity contribution in [2.75, 3.05) is 5.32 Å². The largest absolute Gasteiger partial charge is 0.320 e. The van der Waals surface area contributed by atoms with Crippen LogP contribution in [0.25, 0.3) is 6.08 Å². The molecule has 4 nitrogen and oxygen atoms in total. The van der Waals surface area contributed by atoms with E-state index in [0.29, 0.717) is 31.1 Å². The van der Waals surface area contributed by atoms with Crippen LogP contribution in [-0.2, 0) is 20.4 Å². The van der Waals surface area contributed by atoms with Crippen LogP contribution in [0.5, 0.6) is 0 Å². The summed E-state index contributed by atoms with van der Waals surface area (Å²) in [6.45, 7) is 0. The Morgan fingerprint density at radius 2 is 1.63 bits per heavy atom. The van der Waals surface area contributed by atoms with Crippen LogP contribution < -0.4 is 5.32 Å². The van der Waals surface area contributed by atoms with E-state index >= 15 is 0 Å². The predicted octanol–water partition coefficient (Wildman–Crippen LogP) is 6.05. The second-order valence-corrected chi connectivity index (χ2v) is 10.5. The Balaban J connectivity index is 1.66. The summed E-state index contributed by atoms with van der Waals surface area (Å²) in [6.07, 6.45) is 1.77. The molecule has 1 aliphatic heterocycles. The van der Waals surface area contributed by atoms with Crippen LogP contribution in [0.1, 0.15) is 11.1 Å². The highest BCUT2D eigenvalue weighted by molar-refractivity contribution is 8.04. The molecule has 30 heavy (non-hydrogen) atoms. The summed E-state index contributed by atoms with van der Waals surface area (Å²) in [5.41, 5.74) is 1.82. The quantitative estimate of drug-likeness (QED) is 0.466. The first-order valence-electron chi connectivity index (χ1n) is 8.89. The van der Waals surface area contributed by atoms with E-state index < -0.39 is 9.84 Å². The van der Waals surface area contributed by atoms with Gasteiger partial charge in [-0.15, -0.1) is 0 Å². The van der Waals surface area contributed by atoms with Gasteiger partial charge in [0.15, 0.2) is 9.84 Å². The molecule has 0 radical (unpaired) electrons. The van der Waals surface area contributed by atoms with Gasteiger partial charge in [0.05, 0.1) is 21.2 Å². The van der Waals surface area contributed by atoms with E-state index in [9.17, 15) is 13.2 Å². The number of carbonyl (C=O) groups is 1. The third-order valence-electron chi connectivity index (χ3n) is 4.50. The molecule has 0 bridgehead atoms. The predicted molar refractivity (Wildman–Crippen MR) is 123 cm³/mol. The first-order chi connectivity index (χ1) is 14.3. The molecule has 0 fully saturated rings. The molecule has 0 unspecified atom stereocenters. The maximum absolute atomic E-state index is 13.0. The fourth-order valence-corrected chi connectivity index (χ4v) is 6.16. The summed E-state index contributed by atoms with van der Waals surface area (Å²) in [5.74, 6) is -0.539. The van der Waals surface area contributed by atoms with Gasteiger partial charge in [0.2, 0.25) is 0 Å². The van der Waals surface area contributed by atoms with Gasteiger partial charge in [0.25, 0.3) is 5.91 Å². The number of halogens is 2. The number of hydrogen-bond acceptors (Lipinski definition) is 4. The van der Waals surface area contributed by atoms with Crippen molar-refractivity contribution in [2.45, 2.75) is 15.5 Å². The van der Waals surface area contributed by atoms with E-state index in [1.807, 2.05) is 30.3 Å². The SMILES string of the molecule is O=C1Nc2ccc(S(=O)(=O)Cc3c(Cl)cccc3Cl)cc2S/C1=C/c1ccccc1. The number of sulfone groups is 1. The number of benzene rings is 3. The molecular weight excluding hydrogens is 461 g/mol. The summed E-state index contributed by atoms with van der Waals surface area (Å²) >= 11 is 13.5. The zero-order valence-electron chi connectivity index (χ0n) is 15.4. The highest BCUT2D eigenvalue weighted by atomic mass is 35.5. The smallest absolute Gasteiger partial charge is 0.262 e. The lowest BCUT2D eigenvalue weighted by molar-refractivity contribution is -0.112.